The molecule has 8 heteroatoms. The third-order valence-corrected chi connectivity index (χ3v) is 4.95. The lowest BCUT2D eigenvalue weighted by atomic mass is 10.2. The van der Waals surface area contributed by atoms with Gasteiger partial charge in [-0.05, 0) is 30.3 Å². The van der Waals surface area contributed by atoms with E-state index in [0.717, 1.165) is 15.8 Å². The SMILES string of the molecule is O=C(CSc1cccc2cccnc12)N=Nc1c(O)[nH]c2cc(F)ccc12. The van der Waals surface area contributed by atoms with Crippen molar-refractivity contribution >= 4 is 45.2 Å². The van der Waals surface area contributed by atoms with Gasteiger partial charge in [0, 0.05) is 21.9 Å². The summed E-state index contributed by atoms with van der Waals surface area (Å²) in [6.07, 6.45) is 1.70. The molecule has 0 saturated carbocycles. The second-order valence-electron chi connectivity index (χ2n) is 5.73. The van der Waals surface area contributed by atoms with Crippen LogP contribution in [0.15, 0.2) is 69.9 Å². The van der Waals surface area contributed by atoms with Crippen LogP contribution in [-0.4, -0.2) is 26.7 Å². The average molecular weight is 380 g/mol. The number of nitrogens with zero attached hydrogens (tertiary/aromatic N) is 3. The first-order valence-corrected chi connectivity index (χ1v) is 9.02. The molecule has 2 aromatic carbocycles. The predicted octanol–water partition coefficient (Wildman–Crippen LogP) is 4.96. The van der Waals surface area contributed by atoms with Crippen LogP contribution < -0.4 is 0 Å². The van der Waals surface area contributed by atoms with E-state index in [0.29, 0.717) is 10.9 Å². The molecule has 0 radical (unpaired) electrons. The lowest BCUT2D eigenvalue weighted by Gasteiger charge is -2.03. The fourth-order valence-corrected chi connectivity index (χ4v) is 3.53. The number of benzene rings is 2. The van der Waals surface area contributed by atoms with E-state index in [-0.39, 0.29) is 17.3 Å². The van der Waals surface area contributed by atoms with Gasteiger partial charge < -0.3 is 10.1 Å². The Bertz CT molecular complexity index is 1180. The van der Waals surface area contributed by atoms with Crippen LogP contribution in [0.25, 0.3) is 21.8 Å². The molecule has 4 rings (SSSR count). The molecular weight excluding hydrogens is 367 g/mol. The summed E-state index contributed by atoms with van der Waals surface area (Å²) in [5.41, 5.74) is 1.31. The zero-order valence-electron chi connectivity index (χ0n) is 13.9. The molecule has 0 unspecified atom stereocenters. The molecule has 0 aliphatic rings. The lowest BCUT2D eigenvalue weighted by molar-refractivity contribution is -0.115. The molecule has 2 aromatic heterocycles. The largest absolute Gasteiger partial charge is 0.493 e. The van der Waals surface area contributed by atoms with Crippen molar-refractivity contribution in [2.75, 3.05) is 5.75 Å². The molecule has 2 N–H and O–H groups in total. The topological polar surface area (TPSA) is 90.7 Å². The zero-order valence-corrected chi connectivity index (χ0v) is 14.7. The van der Waals surface area contributed by atoms with Crippen molar-refractivity contribution in [1.82, 2.24) is 9.97 Å². The smallest absolute Gasteiger partial charge is 0.274 e. The van der Waals surface area contributed by atoms with Crippen molar-refractivity contribution in [3.8, 4) is 5.88 Å². The van der Waals surface area contributed by atoms with Crippen LogP contribution in [0, 0.1) is 5.82 Å². The molecular formula is C19H13FN4O2S. The second-order valence-corrected chi connectivity index (χ2v) is 6.74. The molecule has 0 aliphatic carbocycles. The molecule has 2 heterocycles. The van der Waals surface area contributed by atoms with Crippen LogP contribution in [0.3, 0.4) is 0 Å². The number of aromatic nitrogens is 2. The molecule has 4 aromatic rings. The highest BCUT2D eigenvalue weighted by Gasteiger charge is 2.12. The number of carbonyl (C=O) groups is 1. The summed E-state index contributed by atoms with van der Waals surface area (Å²) in [4.78, 5) is 19.9. The number of aromatic hydroxyl groups is 1. The van der Waals surface area contributed by atoms with E-state index in [9.17, 15) is 14.3 Å². The molecule has 6 nitrogen and oxygen atoms in total. The van der Waals surface area contributed by atoms with E-state index >= 15 is 0 Å². The molecule has 1 amide bonds. The van der Waals surface area contributed by atoms with E-state index in [1.54, 1.807) is 6.20 Å². The third-order valence-electron chi connectivity index (χ3n) is 3.92. The average Bonchev–Trinajstić information content (AvgIpc) is 2.98. The third kappa shape index (κ3) is 3.52. The van der Waals surface area contributed by atoms with Crippen molar-refractivity contribution < 1.29 is 14.3 Å². The van der Waals surface area contributed by atoms with Gasteiger partial charge in [0.15, 0.2) is 5.69 Å². The summed E-state index contributed by atoms with van der Waals surface area (Å²) in [6.45, 7) is 0. The van der Waals surface area contributed by atoms with Gasteiger partial charge in [-0.15, -0.1) is 22.0 Å². The number of hydrogen-bond donors (Lipinski definition) is 2. The number of halogens is 1. The summed E-state index contributed by atoms with van der Waals surface area (Å²) in [6, 6.07) is 13.5. The Hall–Kier alpha value is -3.26. The van der Waals surface area contributed by atoms with Gasteiger partial charge in [0.1, 0.15) is 5.82 Å². The van der Waals surface area contributed by atoms with E-state index < -0.39 is 11.7 Å². The van der Waals surface area contributed by atoms with Crippen LogP contribution in [0.4, 0.5) is 10.1 Å². The first-order chi connectivity index (χ1) is 13.1. The Kier molecular flexibility index (Phi) is 4.55. The van der Waals surface area contributed by atoms with E-state index in [4.69, 9.17) is 0 Å². The quantitative estimate of drug-likeness (QED) is 0.387. The molecule has 27 heavy (non-hydrogen) atoms. The normalized spacial score (nSPS) is 11.6. The van der Waals surface area contributed by atoms with E-state index in [1.807, 2.05) is 30.3 Å². The fourth-order valence-electron chi connectivity index (χ4n) is 2.71. The standard InChI is InChI=1S/C19H13FN4O2S/c20-12-6-7-13-14(9-12)22-19(26)18(13)24-23-16(25)10-27-15-5-1-3-11-4-2-8-21-17(11)15/h1-9,22,26H,10H2. The summed E-state index contributed by atoms with van der Waals surface area (Å²) in [5.74, 6) is -1.08. The Morgan fingerprint density at radius 2 is 2.07 bits per heavy atom. The number of azo groups is 1. The monoisotopic (exact) mass is 380 g/mol. The van der Waals surface area contributed by atoms with Gasteiger partial charge in [0.2, 0.25) is 5.88 Å². The molecule has 0 bridgehead atoms. The maximum absolute atomic E-state index is 13.2. The highest BCUT2D eigenvalue weighted by Crippen LogP contribution is 2.35. The predicted molar refractivity (Wildman–Crippen MR) is 102 cm³/mol. The number of fused-ring (bicyclic) bond motifs is 2. The van der Waals surface area contributed by atoms with Crippen molar-refractivity contribution in [2.24, 2.45) is 10.2 Å². The minimum absolute atomic E-state index is 0.0803. The first-order valence-electron chi connectivity index (χ1n) is 8.03. The zero-order chi connectivity index (χ0) is 18.8. The Morgan fingerprint density at radius 1 is 1.22 bits per heavy atom. The fraction of sp³-hybridized carbons (Fsp3) is 0.0526. The van der Waals surface area contributed by atoms with Crippen molar-refractivity contribution in [3.05, 3.63) is 60.5 Å². The minimum Gasteiger partial charge on any atom is -0.493 e. The molecule has 0 aliphatic heterocycles. The van der Waals surface area contributed by atoms with Crippen molar-refractivity contribution in [3.63, 3.8) is 0 Å². The molecule has 0 saturated heterocycles. The van der Waals surface area contributed by atoms with Crippen LogP contribution in [0.5, 0.6) is 5.88 Å². The maximum Gasteiger partial charge on any atom is 0.274 e. The Morgan fingerprint density at radius 3 is 2.96 bits per heavy atom. The number of H-pyrrole nitrogens is 1. The van der Waals surface area contributed by atoms with Crippen molar-refractivity contribution in [1.29, 1.82) is 0 Å². The number of nitrogens with one attached hydrogen (secondary N) is 1. The second kappa shape index (κ2) is 7.16. The lowest BCUT2D eigenvalue weighted by Crippen LogP contribution is -1.96. The number of hydrogen-bond acceptors (Lipinski definition) is 5. The van der Waals surface area contributed by atoms with Crippen LogP contribution in [-0.2, 0) is 4.79 Å². The number of aromatic amines is 1. The van der Waals surface area contributed by atoms with Gasteiger partial charge in [-0.2, -0.15) is 0 Å². The van der Waals surface area contributed by atoms with Gasteiger partial charge >= 0.3 is 0 Å². The van der Waals surface area contributed by atoms with E-state index in [1.165, 1.54) is 30.0 Å². The molecule has 134 valence electrons. The maximum atomic E-state index is 13.2. The van der Waals surface area contributed by atoms with Gasteiger partial charge in [-0.25, -0.2) is 4.39 Å². The van der Waals surface area contributed by atoms with E-state index in [2.05, 4.69) is 20.2 Å². The number of para-hydroxylation sites is 1. The number of amides is 1. The molecule has 0 fully saturated rings. The number of thioether (sulfide) groups is 1. The van der Waals surface area contributed by atoms with Crippen LogP contribution in [0.1, 0.15) is 0 Å². The highest BCUT2D eigenvalue weighted by molar-refractivity contribution is 8.00. The molecule has 0 spiro atoms. The number of rotatable bonds is 4. The first kappa shape index (κ1) is 17.2. The van der Waals surface area contributed by atoms with Crippen molar-refractivity contribution in [2.45, 2.75) is 4.90 Å². The molecule has 0 atom stereocenters. The van der Waals surface area contributed by atoms with Gasteiger partial charge in [-0.3, -0.25) is 9.78 Å². The number of carbonyl (C=O) groups excluding carboxylic acids is 1. The minimum atomic E-state index is -0.455. The summed E-state index contributed by atoms with van der Waals surface area (Å²) in [5, 5.41) is 18.9. The summed E-state index contributed by atoms with van der Waals surface area (Å²) in [7, 11) is 0. The Balaban J connectivity index is 1.50. The summed E-state index contributed by atoms with van der Waals surface area (Å²) < 4.78 is 13.2. The van der Waals surface area contributed by atoms with Crippen LogP contribution in [0.2, 0.25) is 0 Å². The highest BCUT2D eigenvalue weighted by atomic mass is 32.2. The van der Waals surface area contributed by atoms with Gasteiger partial charge in [-0.1, -0.05) is 18.2 Å². The van der Waals surface area contributed by atoms with Crippen LogP contribution >= 0.6 is 11.8 Å². The summed E-state index contributed by atoms with van der Waals surface area (Å²) >= 11 is 1.32. The van der Waals surface area contributed by atoms with Gasteiger partial charge in [0.25, 0.3) is 5.91 Å². The van der Waals surface area contributed by atoms with Gasteiger partial charge in [0.05, 0.1) is 16.8 Å². The Labute approximate surface area is 157 Å². The number of pyridine rings is 1.